The topological polar surface area (TPSA) is 96.7 Å². The normalized spacial score (nSPS) is 19.2. The Morgan fingerprint density at radius 2 is 1.97 bits per heavy atom. The monoisotopic (exact) mass is 453 g/mol. The lowest BCUT2D eigenvalue weighted by atomic mass is 9.83. The fourth-order valence-corrected chi connectivity index (χ4v) is 3.97. The van der Waals surface area contributed by atoms with Crippen LogP contribution in [0.25, 0.3) is 0 Å². The number of halogens is 4. The van der Waals surface area contributed by atoms with Crippen LogP contribution in [0.3, 0.4) is 0 Å². The molecule has 2 aromatic carbocycles. The lowest BCUT2D eigenvalue weighted by molar-refractivity contribution is -0.118. The Bertz CT molecular complexity index is 981. The van der Waals surface area contributed by atoms with Gasteiger partial charge in [0.05, 0.1) is 11.6 Å². The van der Waals surface area contributed by atoms with Crippen molar-refractivity contribution >= 4 is 29.0 Å². The summed E-state index contributed by atoms with van der Waals surface area (Å²) in [4.78, 5) is 13.1. The van der Waals surface area contributed by atoms with E-state index in [1.165, 1.54) is 19.2 Å². The molecule has 1 aliphatic rings. The van der Waals surface area contributed by atoms with E-state index in [2.05, 4.69) is 10.4 Å². The smallest absolute Gasteiger partial charge is 0.248 e. The Kier molecular flexibility index (Phi) is 6.76. The minimum atomic E-state index is -2.84. The second-order valence-corrected chi connectivity index (χ2v) is 8.07. The van der Waals surface area contributed by atoms with Crippen LogP contribution in [0.5, 0.6) is 0 Å². The van der Waals surface area contributed by atoms with Crippen molar-refractivity contribution in [3.63, 3.8) is 0 Å². The van der Waals surface area contributed by atoms with Gasteiger partial charge in [0.25, 0.3) is 0 Å². The van der Waals surface area contributed by atoms with Crippen molar-refractivity contribution in [2.45, 2.75) is 31.1 Å². The average Bonchev–Trinajstić information content (AvgIpc) is 3.04. The predicted molar refractivity (Wildman–Crippen MR) is 114 cm³/mol. The van der Waals surface area contributed by atoms with E-state index < -0.39 is 35.9 Å². The van der Waals surface area contributed by atoms with Crippen LogP contribution in [-0.4, -0.2) is 29.8 Å². The number of hydrogen-bond acceptors (Lipinski definition) is 4. The Labute approximate surface area is 183 Å². The number of amidine groups is 1. The highest BCUT2D eigenvalue weighted by Gasteiger charge is 2.45. The molecule has 0 heterocycles. The van der Waals surface area contributed by atoms with Crippen molar-refractivity contribution in [1.29, 1.82) is 0 Å². The van der Waals surface area contributed by atoms with Gasteiger partial charge in [-0.3, -0.25) is 4.79 Å². The van der Waals surface area contributed by atoms with E-state index in [0.717, 1.165) is 11.2 Å². The zero-order chi connectivity index (χ0) is 22.8. The lowest BCUT2D eigenvalue weighted by Crippen LogP contribution is -2.28. The fourth-order valence-electron chi connectivity index (χ4n) is 3.80. The second-order valence-electron chi connectivity index (χ2n) is 7.63. The van der Waals surface area contributed by atoms with Gasteiger partial charge in [0.15, 0.2) is 5.84 Å². The summed E-state index contributed by atoms with van der Waals surface area (Å²) >= 11 is 5.89. The zero-order valence-electron chi connectivity index (χ0n) is 16.8. The van der Waals surface area contributed by atoms with Crippen LogP contribution in [0.15, 0.2) is 47.6 Å². The Morgan fingerprint density at radius 1 is 1.29 bits per heavy atom. The third kappa shape index (κ3) is 5.68. The van der Waals surface area contributed by atoms with E-state index in [9.17, 15) is 18.0 Å². The average molecular weight is 454 g/mol. The molecule has 1 amide bonds. The lowest BCUT2D eigenvalue weighted by Gasteiger charge is -2.24. The molecule has 166 valence electrons. The molecule has 10 heteroatoms. The number of benzene rings is 2. The van der Waals surface area contributed by atoms with Crippen molar-refractivity contribution in [3.8, 4) is 0 Å². The maximum Gasteiger partial charge on any atom is 0.248 e. The van der Waals surface area contributed by atoms with E-state index in [0.29, 0.717) is 11.1 Å². The van der Waals surface area contributed by atoms with E-state index in [-0.39, 0.29) is 29.4 Å². The largest absolute Gasteiger partial charge is 0.382 e. The van der Waals surface area contributed by atoms with Crippen LogP contribution in [0, 0.1) is 11.7 Å². The van der Waals surface area contributed by atoms with E-state index in [4.69, 9.17) is 23.2 Å². The molecule has 1 saturated carbocycles. The van der Waals surface area contributed by atoms with Gasteiger partial charge in [0, 0.05) is 30.5 Å². The van der Waals surface area contributed by atoms with E-state index >= 15 is 0 Å². The van der Waals surface area contributed by atoms with Crippen LogP contribution in [-0.2, 0) is 4.79 Å². The van der Waals surface area contributed by atoms with Crippen molar-refractivity contribution < 1.29 is 18.0 Å². The SMILES string of the molecule is CN(N)/N=C(\N)c1ccc(C(C(=O)Nc2cc(Cl)ccc2F)C2CCC(F)(F)C2)cc1. The van der Waals surface area contributed by atoms with Gasteiger partial charge < -0.3 is 11.1 Å². The number of anilines is 1. The highest BCUT2D eigenvalue weighted by molar-refractivity contribution is 6.30. The predicted octanol–water partition coefficient (Wildman–Crippen LogP) is 4.06. The molecule has 6 nitrogen and oxygen atoms in total. The summed E-state index contributed by atoms with van der Waals surface area (Å²) in [5, 5.41) is 7.70. The quantitative estimate of drug-likeness (QED) is 0.266. The minimum absolute atomic E-state index is 0.105. The molecule has 2 atom stereocenters. The summed E-state index contributed by atoms with van der Waals surface area (Å²) in [6.07, 6.45) is -0.549. The summed E-state index contributed by atoms with van der Waals surface area (Å²) < 4.78 is 41.9. The maximum absolute atomic E-state index is 14.1. The summed E-state index contributed by atoms with van der Waals surface area (Å²) in [5.74, 6) is 0.00792. The van der Waals surface area contributed by atoms with Crippen molar-refractivity contribution in [3.05, 3.63) is 64.4 Å². The number of amides is 1. The standard InChI is InChI=1S/C21H23ClF3N5O/c1-30(27)29-19(26)13-4-2-12(3-5-13)18(14-8-9-21(24,25)11-14)20(31)28-17-10-15(22)6-7-16(17)23/h2-7,10,14,18H,8-9,11,27H2,1H3,(H2,26,29)(H,28,31). The number of hydrazine groups is 1. The number of hydrazone groups is 1. The number of alkyl halides is 2. The molecule has 0 radical (unpaired) electrons. The summed E-state index contributed by atoms with van der Waals surface area (Å²) in [7, 11) is 1.51. The number of hydrogen-bond donors (Lipinski definition) is 3. The van der Waals surface area contributed by atoms with Gasteiger partial charge in [-0.25, -0.2) is 24.1 Å². The van der Waals surface area contributed by atoms with Crippen LogP contribution in [0.4, 0.5) is 18.9 Å². The minimum Gasteiger partial charge on any atom is -0.382 e. The van der Waals surface area contributed by atoms with Gasteiger partial charge in [-0.15, -0.1) is 5.10 Å². The number of nitrogens with zero attached hydrogens (tertiary/aromatic N) is 2. The van der Waals surface area contributed by atoms with Crippen LogP contribution >= 0.6 is 11.6 Å². The third-order valence-electron chi connectivity index (χ3n) is 5.21. The Morgan fingerprint density at radius 3 is 2.55 bits per heavy atom. The van der Waals surface area contributed by atoms with Gasteiger partial charge in [-0.1, -0.05) is 35.9 Å². The molecule has 0 aliphatic heterocycles. The molecular formula is C21H23ClF3N5O. The molecule has 3 rings (SSSR count). The molecular weight excluding hydrogens is 431 g/mol. The highest BCUT2D eigenvalue weighted by Crippen LogP contribution is 2.46. The maximum atomic E-state index is 14.1. The van der Waals surface area contributed by atoms with Gasteiger partial charge >= 0.3 is 0 Å². The van der Waals surface area contributed by atoms with Crippen LogP contribution in [0.2, 0.25) is 5.02 Å². The first-order valence-electron chi connectivity index (χ1n) is 9.62. The highest BCUT2D eigenvalue weighted by atomic mass is 35.5. The second kappa shape index (κ2) is 9.15. The van der Waals surface area contributed by atoms with E-state index in [1.807, 2.05) is 0 Å². The van der Waals surface area contributed by atoms with Crippen molar-refractivity contribution in [2.75, 3.05) is 12.4 Å². The molecule has 1 aliphatic carbocycles. The molecule has 1 fully saturated rings. The van der Waals surface area contributed by atoms with Crippen molar-refractivity contribution in [1.82, 2.24) is 5.12 Å². The van der Waals surface area contributed by atoms with Gasteiger partial charge in [0.1, 0.15) is 5.82 Å². The Balaban J connectivity index is 1.91. The van der Waals surface area contributed by atoms with Gasteiger partial charge in [0.2, 0.25) is 11.8 Å². The fraction of sp³-hybridized carbons (Fsp3) is 0.333. The molecule has 0 aromatic heterocycles. The molecule has 2 aromatic rings. The number of carbonyl (C=O) groups excluding carboxylic acids is 1. The molecule has 2 unspecified atom stereocenters. The summed E-state index contributed by atoms with van der Waals surface area (Å²) in [6.45, 7) is 0. The van der Waals surface area contributed by atoms with Crippen LogP contribution < -0.4 is 16.9 Å². The molecule has 0 bridgehead atoms. The van der Waals surface area contributed by atoms with Gasteiger partial charge in [-0.05, 0) is 36.1 Å². The third-order valence-corrected chi connectivity index (χ3v) is 5.45. The Hall–Kier alpha value is -2.78. The first kappa shape index (κ1) is 22.9. The number of nitrogens with one attached hydrogen (secondary N) is 1. The summed E-state index contributed by atoms with van der Waals surface area (Å²) in [6, 6.07) is 10.3. The zero-order valence-corrected chi connectivity index (χ0v) is 17.5. The first-order valence-corrected chi connectivity index (χ1v) is 10.00. The van der Waals surface area contributed by atoms with Crippen molar-refractivity contribution in [2.24, 2.45) is 22.6 Å². The summed E-state index contributed by atoms with van der Waals surface area (Å²) in [5.41, 5.74) is 6.83. The first-order chi connectivity index (χ1) is 14.6. The van der Waals surface area contributed by atoms with Crippen LogP contribution in [0.1, 0.15) is 36.3 Å². The molecule has 5 N–H and O–H groups in total. The molecule has 31 heavy (non-hydrogen) atoms. The molecule has 0 saturated heterocycles. The number of rotatable bonds is 6. The number of carbonyl (C=O) groups is 1. The van der Waals surface area contributed by atoms with Gasteiger partial charge in [-0.2, -0.15) is 0 Å². The molecule has 0 spiro atoms. The van der Waals surface area contributed by atoms with E-state index in [1.54, 1.807) is 24.3 Å². The number of nitrogens with two attached hydrogens (primary N) is 2.